The molecule has 6 nitrogen and oxygen atoms in total. The first-order valence-electron chi connectivity index (χ1n) is 5.87. The quantitative estimate of drug-likeness (QED) is 0.611. The fraction of sp³-hybridized carbons (Fsp3) is 0.417. The van der Waals surface area contributed by atoms with Crippen LogP contribution in [-0.2, 0) is 4.79 Å². The molecule has 0 aliphatic carbocycles. The lowest BCUT2D eigenvalue weighted by Crippen LogP contribution is -2.27. The zero-order valence-electron chi connectivity index (χ0n) is 10.8. The average molecular weight is 269 g/mol. The van der Waals surface area contributed by atoms with Crippen molar-refractivity contribution in [1.82, 2.24) is 5.32 Å². The van der Waals surface area contributed by atoms with Crippen molar-refractivity contribution in [1.29, 1.82) is 0 Å². The Morgan fingerprint density at radius 2 is 2.16 bits per heavy atom. The molecule has 1 aromatic carbocycles. The van der Waals surface area contributed by atoms with Gasteiger partial charge in [-0.3, -0.25) is 14.9 Å². The first kappa shape index (κ1) is 15.0. The van der Waals surface area contributed by atoms with E-state index in [0.29, 0.717) is 6.54 Å². The lowest BCUT2D eigenvalue weighted by atomic mass is 10.2. The van der Waals surface area contributed by atoms with Gasteiger partial charge in [-0.15, -0.1) is 0 Å². The van der Waals surface area contributed by atoms with Crippen LogP contribution in [0.3, 0.4) is 0 Å². The number of hydrogen-bond acceptors (Lipinski definition) is 4. The van der Waals surface area contributed by atoms with Crippen molar-refractivity contribution in [2.75, 3.05) is 11.9 Å². The van der Waals surface area contributed by atoms with Gasteiger partial charge in [0.2, 0.25) is 5.91 Å². The van der Waals surface area contributed by atoms with Crippen molar-refractivity contribution < 1.29 is 14.1 Å². The molecule has 1 rings (SSSR count). The van der Waals surface area contributed by atoms with Crippen LogP contribution in [0.15, 0.2) is 18.2 Å². The molecule has 7 heteroatoms. The topological polar surface area (TPSA) is 84.3 Å². The fourth-order valence-corrected chi connectivity index (χ4v) is 1.41. The van der Waals surface area contributed by atoms with Crippen molar-refractivity contribution in [3.63, 3.8) is 0 Å². The molecule has 0 aliphatic heterocycles. The predicted octanol–water partition coefficient (Wildman–Crippen LogP) is 2.06. The van der Waals surface area contributed by atoms with Crippen LogP contribution in [0, 0.1) is 15.9 Å². The smallest absolute Gasteiger partial charge is 0.271 e. The Balaban J connectivity index is 2.63. The Morgan fingerprint density at radius 3 is 2.74 bits per heavy atom. The third kappa shape index (κ3) is 5.01. The van der Waals surface area contributed by atoms with Gasteiger partial charge in [0.25, 0.3) is 5.69 Å². The third-order valence-corrected chi connectivity index (χ3v) is 2.34. The van der Waals surface area contributed by atoms with Crippen LogP contribution < -0.4 is 10.6 Å². The number of carbonyl (C=O) groups excluding carboxylic acids is 1. The Kier molecular flexibility index (Phi) is 5.37. The summed E-state index contributed by atoms with van der Waals surface area (Å²) in [6.07, 6.45) is 0.167. The average Bonchev–Trinajstić information content (AvgIpc) is 2.31. The summed E-state index contributed by atoms with van der Waals surface area (Å²) in [6, 6.07) is 3.26. The number of nitrogens with zero attached hydrogens (tertiary/aromatic N) is 1. The maximum Gasteiger partial charge on any atom is 0.271 e. The Bertz CT molecular complexity index is 477. The molecule has 0 radical (unpaired) electrons. The van der Waals surface area contributed by atoms with Gasteiger partial charge in [0, 0.05) is 31.1 Å². The fourth-order valence-electron chi connectivity index (χ4n) is 1.41. The van der Waals surface area contributed by atoms with Crippen LogP contribution in [-0.4, -0.2) is 23.4 Å². The minimum absolute atomic E-state index is 0.167. The first-order valence-corrected chi connectivity index (χ1v) is 5.87. The summed E-state index contributed by atoms with van der Waals surface area (Å²) >= 11 is 0. The van der Waals surface area contributed by atoms with E-state index in [-0.39, 0.29) is 23.8 Å². The van der Waals surface area contributed by atoms with Crippen molar-refractivity contribution >= 4 is 17.3 Å². The molecule has 2 N–H and O–H groups in total. The van der Waals surface area contributed by atoms with E-state index < -0.39 is 16.6 Å². The van der Waals surface area contributed by atoms with Crippen molar-refractivity contribution in [3.05, 3.63) is 34.1 Å². The predicted molar refractivity (Wildman–Crippen MR) is 69.4 cm³/mol. The number of nitro benzene ring substituents is 1. The van der Waals surface area contributed by atoms with Gasteiger partial charge in [0.1, 0.15) is 5.82 Å². The minimum atomic E-state index is -0.698. The Morgan fingerprint density at radius 1 is 1.47 bits per heavy atom. The third-order valence-electron chi connectivity index (χ3n) is 2.34. The lowest BCUT2D eigenvalue weighted by Gasteiger charge is -2.09. The molecule has 1 aromatic rings. The van der Waals surface area contributed by atoms with E-state index in [1.165, 1.54) is 0 Å². The summed E-state index contributed by atoms with van der Waals surface area (Å²) in [5, 5.41) is 15.9. The van der Waals surface area contributed by atoms with Crippen LogP contribution in [0.2, 0.25) is 0 Å². The molecular weight excluding hydrogens is 253 g/mol. The number of nitro groups is 1. The highest BCUT2D eigenvalue weighted by atomic mass is 19.1. The van der Waals surface area contributed by atoms with Gasteiger partial charge in [-0.05, 0) is 6.07 Å². The normalized spacial score (nSPS) is 10.5. The highest BCUT2D eigenvalue weighted by Gasteiger charge is 2.12. The number of anilines is 1. The van der Waals surface area contributed by atoms with Crippen LogP contribution in [0.4, 0.5) is 15.8 Å². The molecule has 19 heavy (non-hydrogen) atoms. The monoisotopic (exact) mass is 269 g/mol. The van der Waals surface area contributed by atoms with Gasteiger partial charge < -0.3 is 10.6 Å². The number of rotatable bonds is 6. The van der Waals surface area contributed by atoms with Crippen molar-refractivity contribution in [2.45, 2.75) is 26.3 Å². The van der Waals surface area contributed by atoms with Gasteiger partial charge in [0.05, 0.1) is 10.6 Å². The van der Waals surface area contributed by atoms with Crippen LogP contribution in [0.1, 0.15) is 20.3 Å². The zero-order chi connectivity index (χ0) is 14.4. The molecular formula is C12H16FN3O3. The summed E-state index contributed by atoms with van der Waals surface area (Å²) in [7, 11) is 0. The number of nitrogens with one attached hydrogen (secondary N) is 2. The largest absolute Gasteiger partial charge is 0.323 e. The number of halogens is 1. The maximum absolute atomic E-state index is 13.4. The van der Waals surface area contributed by atoms with Crippen LogP contribution >= 0.6 is 0 Å². The standard InChI is InChI=1S/C12H16FN3O3/c1-8(2)14-6-5-12(17)15-11-7-9(16(18)19)3-4-10(11)13/h3-4,7-8,14H,5-6H2,1-2H3,(H,15,17). The first-order chi connectivity index (χ1) is 8.90. The van der Waals surface area contributed by atoms with E-state index in [9.17, 15) is 19.3 Å². The van der Waals surface area contributed by atoms with E-state index in [4.69, 9.17) is 0 Å². The number of non-ortho nitro benzene ring substituents is 1. The molecule has 0 aliphatic rings. The summed E-state index contributed by atoms with van der Waals surface area (Å²) in [5.41, 5.74) is -0.444. The van der Waals surface area contributed by atoms with Gasteiger partial charge in [-0.2, -0.15) is 0 Å². The molecule has 0 saturated heterocycles. The molecule has 0 fully saturated rings. The number of amides is 1. The van der Waals surface area contributed by atoms with Gasteiger partial charge in [-0.25, -0.2) is 4.39 Å². The summed E-state index contributed by atoms with van der Waals surface area (Å²) < 4.78 is 13.4. The summed E-state index contributed by atoms with van der Waals surface area (Å²) in [6.45, 7) is 4.34. The molecule has 1 amide bonds. The second kappa shape index (κ2) is 6.79. The molecule has 0 bridgehead atoms. The number of benzene rings is 1. The lowest BCUT2D eigenvalue weighted by molar-refractivity contribution is -0.384. The summed E-state index contributed by atoms with van der Waals surface area (Å²) in [4.78, 5) is 21.5. The van der Waals surface area contributed by atoms with E-state index in [0.717, 1.165) is 18.2 Å². The second-order valence-corrected chi connectivity index (χ2v) is 4.33. The number of carbonyl (C=O) groups is 1. The van der Waals surface area contributed by atoms with Gasteiger partial charge in [-0.1, -0.05) is 13.8 Å². The van der Waals surface area contributed by atoms with Gasteiger partial charge >= 0.3 is 0 Å². The molecule has 0 aromatic heterocycles. The van der Waals surface area contributed by atoms with Crippen molar-refractivity contribution in [2.24, 2.45) is 0 Å². The van der Waals surface area contributed by atoms with Gasteiger partial charge in [0.15, 0.2) is 0 Å². The minimum Gasteiger partial charge on any atom is -0.323 e. The van der Waals surface area contributed by atoms with Crippen molar-refractivity contribution in [3.8, 4) is 0 Å². The summed E-state index contributed by atoms with van der Waals surface area (Å²) in [5.74, 6) is -1.09. The molecule has 0 spiro atoms. The van der Waals surface area contributed by atoms with E-state index >= 15 is 0 Å². The molecule has 0 unspecified atom stereocenters. The van der Waals surface area contributed by atoms with E-state index in [1.54, 1.807) is 0 Å². The SMILES string of the molecule is CC(C)NCCC(=O)Nc1cc([N+](=O)[O-])ccc1F. The Labute approximate surface area is 110 Å². The van der Waals surface area contributed by atoms with Crippen LogP contribution in [0.5, 0.6) is 0 Å². The maximum atomic E-state index is 13.4. The Hall–Kier alpha value is -2.02. The molecule has 0 atom stereocenters. The second-order valence-electron chi connectivity index (χ2n) is 4.33. The highest BCUT2D eigenvalue weighted by Crippen LogP contribution is 2.21. The van der Waals surface area contributed by atoms with E-state index in [2.05, 4.69) is 10.6 Å². The highest BCUT2D eigenvalue weighted by molar-refractivity contribution is 5.91. The number of hydrogen-bond donors (Lipinski definition) is 2. The molecule has 0 saturated carbocycles. The van der Waals surface area contributed by atoms with Crippen LogP contribution in [0.25, 0.3) is 0 Å². The molecule has 104 valence electrons. The molecule has 0 heterocycles. The zero-order valence-corrected chi connectivity index (χ0v) is 10.8. The van der Waals surface area contributed by atoms with E-state index in [1.807, 2.05) is 13.8 Å².